The van der Waals surface area contributed by atoms with E-state index in [2.05, 4.69) is 199 Å². The monoisotopic (exact) mass is 619 g/mol. The van der Waals surface area contributed by atoms with E-state index in [9.17, 15) is 0 Å². The van der Waals surface area contributed by atoms with E-state index in [1.807, 2.05) is 6.07 Å². The first kappa shape index (κ1) is 29.4. The fraction of sp³-hybridized carbons (Fsp3) is 0.0222. The van der Waals surface area contributed by atoms with Gasteiger partial charge in [0.25, 0.3) is 0 Å². The summed E-state index contributed by atoms with van der Waals surface area (Å²) in [5.74, 6) is 0. The maximum atomic E-state index is 7.68. The van der Waals surface area contributed by atoms with Gasteiger partial charge in [0, 0.05) is 58.2 Å². The lowest BCUT2D eigenvalue weighted by molar-refractivity contribution is -0.0980. The summed E-state index contributed by atoms with van der Waals surface area (Å²) in [5.41, 5.74) is 9.69. The first-order valence-corrected chi connectivity index (χ1v) is 16.4. The van der Waals surface area contributed by atoms with Crippen LogP contribution in [0.3, 0.4) is 0 Å². The Morgan fingerprint density at radius 1 is 0.417 bits per heavy atom. The van der Waals surface area contributed by atoms with Crippen LogP contribution in [0.5, 0.6) is 0 Å². The number of fused-ring (bicyclic) bond motifs is 3. The highest BCUT2D eigenvalue weighted by atomic mass is 16.7. The molecule has 1 heterocycles. The van der Waals surface area contributed by atoms with Crippen LogP contribution in [0.25, 0.3) is 34.0 Å². The number of nitrogens with zero attached hydrogens (tertiary/aromatic N) is 1. The molecular formula is C45H35N2O+. The second-order valence-electron chi connectivity index (χ2n) is 12.0. The molecular weight excluding hydrogens is 585 g/mol. The van der Waals surface area contributed by atoms with E-state index in [0.717, 1.165) is 44.8 Å². The quantitative estimate of drug-likeness (QED) is 0.0970. The Hall–Kier alpha value is -6.00. The Labute approximate surface area is 281 Å². The van der Waals surface area contributed by atoms with Gasteiger partial charge in [0.1, 0.15) is 0 Å². The molecule has 0 aliphatic heterocycles. The van der Waals surface area contributed by atoms with Gasteiger partial charge in [-0.1, -0.05) is 138 Å². The number of H-pyrrole nitrogens is 1. The van der Waals surface area contributed by atoms with Gasteiger partial charge < -0.3 is 4.98 Å². The molecule has 0 bridgehead atoms. The van der Waals surface area contributed by atoms with Crippen molar-refractivity contribution in [3.63, 3.8) is 0 Å². The minimum atomic E-state index is -0.401. The number of aromatic amines is 1. The van der Waals surface area contributed by atoms with Crippen LogP contribution in [0.15, 0.2) is 188 Å². The van der Waals surface area contributed by atoms with Gasteiger partial charge in [-0.05, 0) is 52.6 Å². The zero-order chi connectivity index (χ0) is 32.2. The lowest BCUT2D eigenvalue weighted by atomic mass is 9.99. The highest BCUT2D eigenvalue weighted by Crippen LogP contribution is 2.48. The number of benzene rings is 7. The summed E-state index contributed by atoms with van der Waals surface area (Å²) in [6.45, 7) is 0. The van der Waals surface area contributed by atoms with Crippen molar-refractivity contribution < 1.29 is 4.84 Å². The highest BCUT2D eigenvalue weighted by Gasteiger charge is 2.42. The summed E-state index contributed by atoms with van der Waals surface area (Å²) < 4.78 is 0.0653. The van der Waals surface area contributed by atoms with E-state index in [4.69, 9.17) is 4.84 Å². The van der Waals surface area contributed by atoms with Crippen molar-refractivity contribution in [1.82, 2.24) is 9.63 Å². The Kier molecular flexibility index (Phi) is 7.97. The van der Waals surface area contributed by atoms with Crippen LogP contribution in [0.4, 0.5) is 17.1 Å². The van der Waals surface area contributed by atoms with Gasteiger partial charge in [-0.15, -0.1) is 0 Å². The van der Waals surface area contributed by atoms with Gasteiger partial charge in [-0.2, -0.15) is 4.84 Å². The van der Waals surface area contributed by atoms with Gasteiger partial charge in [-0.3, -0.25) is 0 Å². The number of hydrogen-bond acceptors (Lipinski definition) is 1. The van der Waals surface area contributed by atoms with Gasteiger partial charge in [0.05, 0.1) is 0 Å². The molecule has 1 atom stereocenters. The van der Waals surface area contributed by atoms with Gasteiger partial charge in [0.2, 0.25) is 0 Å². The maximum Gasteiger partial charge on any atom is 0.176 e. The molecule has 0 fully saturated rings. The normalized spacial score (nSPS) is 12.5. The summed E-state index contributed by atoms with van der Waals surface area (Å²) in [4.78, 5) is 11.3. The molecule has 3 nitrogen and oxygen atoms in total. The van der Waals surface area contributed by atoms with Crippen molar-refractivity contribution in [1.29, 1.82) is 0 Å². The first-order chi connectivity index (χ1) is 23.8. The van der Waals surface area contributed by atoms with Crippen molar-refractivity contribution in [3.05, 3.63) is 210 Å². The molecule has 0 spiro atoms. The number of nitrogens with one attached hydrogen (secondary N) is 1. The molecule has 0 saturated carbocycles. The van der Waals surface area contributed by atoms with Crippen molar-refractivity contribution in [3.8, 4) is 0 Å². The Balaban J connectivity index is 1.31. The van der Waals surface area contributed by atoms with Crippen LogP contribution in [-0.4, -0.2) is 4.98 Å². The van der Waals surface area contributed by atoms with Crippen LogP contribution in [-0.2, 0) is 4.84 Å². The van der Waals surface area contributed by atoms with Crippen LogP contribution in [0, 0.1) is 0 Å². The number of quaternary nitrogens is 1. The van der Waals surface area contributed by atoms with E-state index in [1.165, 1.54) is 16.3 Å². The molecule has 0 amide bonds. The van der Waals surface area contributed by atoms with Gasteiger partial charge in [0.15, 0.2) is 23.2 Å². The molecule has 1 N–H and O–H groups in total. The summed E-state index contributed by atoms with van der Waals surface area (Å²) in [5, 5.41) is 2.38. The summed E-state index contributed by atoms with van der Waals surface area (Å²) >= 11 is 0. The first-order valence-electron chi connectivity index (χ1n) is 16.4. The molecule has 1 aromatic heterocycles. The molecule has 3 heteroatoms. The molecule has 8 rings (SSSR count). The Morgan fingerprint density at radius 2 is 0.917 bits per heavy atom. The van der Waals surface area contributed by atoms with Crippen LogP contribution in [0.2, 0.25) is 0 Å². The summed E-state index contributed by atoms with van der Waals surface area (Å²) in [6.07, 6.45) is 3.90. The van der Waals surface area contributed by atoms with Crippen LogP contribution >= 0.6 is 0 Å². The van der Waals surface area contributed by atoms with Crippen molar-refractivity contribution in [2.45, 2.75) is 6.10 Å². The number of aromatic nitrogens is 1. The molecule has 48 heavy (non-hydrogen) atoms. The standard InChI is InChI=1S/C45H35N2O/c1-5-15-34(16-6-1)25-26-35-27-30-40(31-28-35)47(38-19-9-3-10-20-38,39-21-11-4-12-22-39)48-45(36-17-7-2-8-18-36)37-29-32-44-42(33-37)41-23-13-14-24-43(41)46-44/h1-33,45-46H/q+1. The third kappa shape index (κ3) is 5.62. The molecule has 0 aliphatic rings. The minimum Gasteiger partial charge on any atom is -0.355 e. The topological polar surface area (TPSA) is 25.0 Å². The molecule has 230 valence electrons. The zero-order valence-corrected chi connectivity index (χ0v) is 26.5. The SMILES string of the molecule is C(=Cc1ccc([N+](OC(c2ccccc2)c2ccc3[nH]c4ccccc4c3c2)(c2ccccc2)c2ccccc2)cc1)c1ccccc1. The van der Waals surface area contributed by atoms with Crippen LogP contribution in [0.1, 0.15) is 28.4 Å². The predicted octanol–water partition coefficient (Wildman–Crippen LogP) is 12.2. The van der Waals surface area contributed by atoms with E-state index >= 15 is 0 Å². The average molecular weight is 620 g/mol. The Bertz CT molecular complexity index is 2250. The van der Waals surface area contributed by atoms with Crippen molar-refractivity contribution in [2.75, 3.05) is 0 Å². The lowest BCUT2D eigenvalue weighted by Crippen LogP contribution is -2.40. The maximum absolute atomic E-state index is 7.68. The fourth-order valence-electron chi connectivity index (χ4n) is 6.59. The van der Waals surface area contributed by atoms with Gasteiger partial charge >= 0.3 is 0 Å². The molecule has 7 aromatic carbocycles. The molecule has 8 aromatic rings. The highest BCUT2D eigenvalue weighted by molar-refractivity contribution is 6.07. The second kappa shape index (κ2) is 13.0. The van der Waals surface area contributed by atoms with E-state index < -0.39 is 6.10 Å². The number of para-hydroxylation sites is 3. The minimum absolute atomic E-state index is 0.0653. The Morgan fingerprint density at radius 3 is 1.56 bits per heavy atom. The largest absolute Gasteiger partial charge is 0.355 e. The van der Waals surface area contributed by atoms with Crippen LogP contribution < -0.4 is 4.65 Å². The van der Waals surface area contributed by atoms with E-state index in [-0.39, 0.29) is 4.65 Å². The number of hydrogen-bond donors (Lipinski definition) is 1. The predicted molar refractivity (Wildman–Crippen MR) is 201 cm³/mol. The lowest BCUT2D eigenvalue weighted by Gasteiger charge is -2.37. The molecule has 1 unspecified atom stereocenters. The molecule has 0 saturated heterocycles. The van der Waals surface area contributed by atoms with E-state index in [0.29, 0.717) is 0 Å². The van der Waals surface area contributed by atoms with Crippen molar-refractivity contribution in [2.24, 2.45) is 0 Å². The smallest absolute Gasteiger partial charge is 0.176 e. The summed E-state index contributed by atoms with van der Waals surface area (Å²) in [6, 6.07) is 65.9. The molecule has 0 radical (unpaired) electrons. The third-order valence-corrected chi connectivity index (χ3v) is 8.96. The second-order valence-corrected chi connectivity index (χ2v) is 12.0. The average Bonchev–Trinajstić information content (AvgIpc) is 3.54. The molecule has 0 aliphatic carbocycles. The van der Waals surface area contributed by atoms with Gasteiger partial charge in [-0.25, -0.2) is 0 Å². The number of rotatable bonds is 9. The summed E-state index contributed by atoms with van der Waals surface area (Å²) in [7, 11) is 0. The fourth-order valence-corrected chi connectivity index (χ4v) is 6.59. The van der Waals surface area contributed by atoms with E-state index in [1.54, 1.807) is 0 Å². The zero-order valence-electron chi connectivity index (χ0n) is 26.5. The third-order valence-electron chi connectivity index (χ3n) is 8.96. The van der Waals surface area contributed by atoms with Crippen molar-refractivity contribution >= 4 is 51.0 Å².